The van der Waals surface area contributed by atoms with Crippen molar-refractivity contribution in [3.8, 4) is 0 Å². The Balaban J connectivity index is 1.67. The molecule has 114 valence electrons. The zero-order valence-corrected chi connectivity index (χ0v) is 14.1. The van der Waals surface area contributed by atoms with Crippen molar-refractivity contribution in [2.24, 2.45) is 0 Å². The summed E-state index contributed by atoms with van der Waals surface area (Å²) in [7, 11) is 0. The molecule has 0 fully saturated rings. The molecule has 2 rings (SSSR count). The highest BCUT2D eigenvalue weighted by atomic mass is 32.1. The van der Waals surface area contributed by atoms with Crippen LogP contribution in [0.1, 0.15) is 62.9 Å². The maximum Gasteiger partial charge on any atom is 0.0331 e. The molecule has 0 bridgehead atoms. The second kappa shape index (κ2) is 8.16. The number of hydrogen-bond donors (Lipinski definition) is 1. The van der Waals surface area contributed by atoms with Gasteiger partial charge in [0.2, 0.25) is 0 Å². The van der Waals surface area contributed by atoms with Gasteiger partial charge >= 0.3 is 0 Å². The molecule has 0 amide bonds. The van der Waals surface area contributed by atoms with Crippen LogP contribution in [-0.2, 0) is 6.42 Å². The molecule has 2 unspecified atom stereocenters. The average molecular weight is 295 g/mol. The van der Waals surface area contributed by atoms with E-state index in [0.717, 1.165) is 6.54 Å². The van der Waals surface area contributed by atoms with Gasteiger partial charge in [0.25, 0.3) is 0 Å². The maximum atomic E-state index is 3.69. The fraction of sp³-hybridized carbons (Fsp3) is 0.765. The van der Waals surface area contributed by atoms with E-state index in [2.05, 4.69) is 42.4 Å². The predicted molar refractivity (Wildman–Crippen MR) is 89.6 cm³/mol. The minimum atomic E-state index is 0.599. The lowest BCUT2D eigenvalue weighted by molar-refractivity contribution is 0.198. The summed E-state index contributed by atoms with van der Waals surface area (Å²) in [5, 5.41) is 5.94. The predicted octanol–water partition coefficient (Wildman–Crippen LogP) is 4.23. The molecule has 0 saturated heterocycles. The summed E-state index contributed by atoms with van der Waals surface area (Å²) in [4.78, 5) is 4.23. The Morgan fingerprint density at radius 1 is 1.45 bits per heavy atom. The SMILES string of the molecule is CCCCCC(C)NCCN1CCc2sccc2C1C. The van der Waals surface area contributed by atoms with Crippen molar-refractivity contribution >= 4 is 11.3 Å². The number of fused-ring (bicyclic) bond motifs is 1. The molecular weight excluding hydrogens is 264 g/mol. The van der Waals surface area contributed by atoms with Crippen molar-refractivity contribution in [2.45, 2.75) is 65.0 Å². The molecule has 3 heteroatoms. The van der Waals surface area contributed by atoms with Crippen LogP contribution >= 0.6 is 11.3 Å². The molecule has 1 aromatic rings. The lowest BCUT2D eigenvalue weighted by Gasteiger charge is -2.34. The number of unbranched alkanes of at least 4 members (excludes halogenated alkanes) is 2. The van der Waals surface area contributed by atoms with E-state index in [4.69, 9.17) is 0 Å². The van der Waals surface area contributed by atoms with E-state index in [1.165, 1.54) is 45.2 Å². The average Bonchev–Trinajstić information content (AvgIpc) is 2.91. The third-order valence-corrected chi connectivity index (χ3v) is 5.53. The summed E-state index contributed by atoms with van der Waals surface area (Å²) in [5.74, 6) is 0. The Labute approximate surface area is 128 Å². The molecule has 0 saturated carbocycles. The summed E-state index contributed by atoms with van der Waals surface area (Å²) in [6, 6.07) is 3.58. The van der Waals surface area contributed by atoms with Crippen LogP contribution in [-0.4, -0.2) is 30.6 Å². The first kappa shape index (κ1) is 16.0. The van der Waals surface area contributed by atoms with E-state index in [1.54, 1.807) is 10.4 Å². The molecule has 2 heterocycles. The van der Waals surface area contributed by atoms with Gasteiger partial charge in [-0.2, -0.15) is 0 Å². The van der Waals surface area contributed by atoms with Crippen molar-refractivity contribution in [1.29, 1.82) is 0 Å². The number of thiophene rings is 1. The Kier molecular flexibility index (Phi) is 6.53. The van der Waals surface area contributed by atoms with Crippen molar-refractivity contribution in [1.82, 2.24) is 10.2 Å². The van der Waals surface area contributed by atoms with Gasteiger partial charge in [0.1, 0.15) is 0 Å². The first-order chi connectivity index (χ1) is 9.72. The fourth-order valence-electron chi connectivity index (χ4n) is 3.12. The normalized spacial score (nSPS) is 20.9. The zero-order chi connectivity index (χ0) is 14.4. The highest BCUT2D eigenvalue weighted by Gasteiger charge is 2.23. The smallest absolute Gasteiger partial charge is 0.0331 e. The summed E-state index contributed by atoms with van der Waals surface area (Å²) < 4.78 is 0. The molecule has 0 spiro atoms. The minimum absolute atomic E-state index is 0.599. The monoisotopic (exact) mass is 294 g/mol. The van der Waals surface area contributed by atoms with Crippen molar-refractivity contribution in [3.63, 3.8) is 0 Å². The van der Waals surface area contributed by atoms with Crippen LogP contribution in [0.4, 0.5) is 0 Å². The van der Waals surface area contributed by atoms with Crippen LogP contribution in [0.5, 0.6) is 0 Å². The van der Waals surface area contributed by atoms with Gasteiger partial charge in [-0.25, -0.2) is 0 Å². The van der Waals surface area contributed by atoms with E-state index >= 15 is 0 Å². The Morgan fingerprint density at radius 3 is 3.10 bits per heavy atom. The highest BCUT2D eigenvalue weighted by molar-refractivity contribution is 7.10. The maximum absolute atomic E-state index is 3.69. The fourth-order valence-corrected chi connectivity index (χ4v) is 4.09. The number of rotatable bonds is 8. The Bertz CT molecular complexity index is 388. The number of nitrogens with zero attached hydrogens (tertiary/aromatic N) is 1. The standard InChI is InChI=1S/C17H30N2S/c1-4-5-6-7-14(2)18-10-12-19-11-8-17-16(15(19)3)9-13-20-17/h9,13-15,18H,4-8,10-12H2,1-3H3. The molecule has 2 nitrogen and oxygen atoms in total. The van der Waals surface area contributed by atoms with Crippen LogP contribution < -0.4 is 5.32 Å². The lowest BCUT2D eigenvalue weighted by atomic mass is 10.0. The molecule has 0 aromatic carbocycles. The third-order valence-electron chi connectivity index (χ3n) is 4.54. The van der Waals surface area contributed by atoms with Crippen molar-refractivity contribution < 1.29 is 0 Å². The van der Waals surface area contributed by atoms with Crippen LogP contribution in [0, 0.1) is 0 Å². The van der Waals surface area contributed by atoms with Gasteiger partial charge < -0.3 is 5.32 Å². The van der Waals surface area contributed by atoms with E-state index in [1.807, 2.05) is 11.3 Å². The number of hydrogen-bond acceptors (Lipinski definition) is 3. The van der Waals surface area contributed by atoms with Crippen LogP contribution in [0.15, 0.2) is 11.4 Å². The highest BCUT2D eigenvalue weighted by Crippen LogP contribution is 2.32. The van der Waals surface area contributed by atoms with Crippen LogP contribution in [0.3, 0.4) is 0 Å². The molecule has 1 aliphatic rings. The molecule has 2 atom stereocenters. The largest absolute Gasteiger partial charge is 0.313 e. The minimum Gasteiger partial charge on any atom is -0.313 e. The molecular formula is C17H30N2S. The van der Waals surface area contributed by atoms with Gasteiger partial charge in [-0.3, -0.25) is 4.90 Å². The van der Waals surface area contributed by atoms with E-state index in [9.17, 15) is 0 Å². The molecule has 0 aliphatic carbocycles. The molecule has 1 aliphatic heterocycles. The van der Waals surface area contributed by atoms with Crippen LogP contribution in [0.25, 0.3) is 0 Å². The first-order valence-corrected chi connectivity index (χ1v) is 9.14. The van der Waals surface area contributed by atoms with E-state index < -0.39 is 0 Å². The summed E-state index contributed by atoms with van der Waals surface area (Å²) in [6.07, 6.45) is 6.61. The van der Waals surface area contributed by atoms with Crippen molar-refractivity contribution in [2.75, 3.05) is 19.6 Å². The lowest BCUT2D eigenvalue weighted by Crippen LogP contribution is -2.40. The van der Waals surface area contributed by atoms with Gasteiger partial charge in [0, 0.05) is 36.6 Å². The molecule has 0 radical (unpaired) electrons. The first-order valence-electron chi connectivity index (χ1n) is 8.26. The van der Waals surface area contributed by atoms with E-state index in [-0.39, 0.29) is 0 Å². The van der Waals surface area contributed by atoms with Gasteiger partial charge in [0.15, 0.2) is 0 Å². The van der Waals surface area contributed by atoms with Gasteiger partial charge in [-0.15, -0.1) is 11.3 Å². The Morgan fingerprint density at radius 2 is 2.30 bits per heavy atom. The number of nitrogens with one attached hydrogen (secondary N) is 1. The summed E-state index contributed by atoms with van der Waals surface area (Å²) in [6.45, 7) is 10.5. The summed E-state index contributed by atoms with van der Waals surface area (Å²) in [5.41, 5.74) is 1.57. The quantitative estimate of drug-likeness (QED) is 0.722. The van der Waals surface area contributed by atoms with Crippen LogP contribution in [0.2, 0.25) is 0 Å². The van der Waals surface area contributed by atoms with E-state index in [0.29, 0.717) is 12.1 Å². The van der Waals surface area contributed by atoms with Crippen molar-refractivity contribution in [3.05, 3.63) is 21.9 Å². The third kappa shape index (κ3) is 4.31. The topological polar surface area (TPSA) is 15.3 Å². The molecule has 20 heavy (non-hydrogen) atoms. The second-order valence-corrected chi connectivity index (χ2v) is 7.11. The Hall–Kier alpha value is -0.380. The van der Waals surface area contributed by atoms with Gasteiger partial charge in [-0.05, 0) is 43.7 Å². The molecule has 1 aromatic heterocycles. The van der Waals surface area contributed by atoms with Gasteiger partial charge in [-0.1, -0.05) is 26.2 Å². The zero-order valence-electron chi connectivity index (χ0n) is 13.3. The molecule has 1 N–H and O–H groups in total. The summed E-state index contributed by atoms with van der Waals surface area (Å²) >= 11 is 1.93. The van der Waals surface area contributed by atoms with Gasteiger partial charge in [0.05, 0.1) is 0 Å². The second-order valence-electron chi connectivity index (χ2n) is 6.11.